The van der Waals surface area contributed by atoms with Crippen LogP contribution in [0, 0.1) is 0 Å². The summed E-state index contributed by atoms with van der Waals surface area (Å²) in [5.41, 5.74) is 4.29. The van der Waals surface area contributed by atoms with Crippen LogP contribution in [0.3, 0.4) is 0 Å². The van der Waals surface area contributed by atoms with Crippen molar-refractivity contribution in [2.45, 2.75) is 26.9 Å². The van der Waals surface area contributed by atoms with Crippen molar-refractivity contribution in [3.05, 3.63) is 85.8 Å². The Morgan fingerprint density at radius 2 is 1.79 bits per heavy atom. The van der Waals surface area contributed by atoms with Gasteiger partial charge in [-0.15, -0.1) is 0 Å². The number of hydrogen-bond donors (Lipinski definition) is 0. The van der Waals surface area contributed by atoms with Crippen LogP contribution >= 0.6 is 39.1 Å². The maximum absolute atomic E-state index is 13.2. The number of hydrogen-bond acceptors (Lipinski definition) is 3. The van der Waals surface area contributed by atoms with Crippen LogP contribution in [0.15, 0.2) is 59.1 Å². The number of halogens is 3. The molecule has 3 aromatic carbocycles. The Morgan fingerprint density at radius 3 is 2.53 bits per heavy atom. The Morgan fingerprint density at radius 1 is 1.00 bits per heavy atom. The standard InChI is InChI=1S/C27H24BrCl2NO3/c1-3-11-31-24-8-6-5-7-19(24)20(27(31)32)12-18-13-21(28)26(25(15-18)33-4-2)34-16-17-9-10-22(29)23(30)14-17/h5-10,12-15H,3-4,11,16H2,1-2H3/b20-12-. The summed E-state index contributed by atoms with van der Waals surface area (Å²) in [7, 11) is 0. The number of benzene rings is 3. The van der Waals surface area contributed by atoms with E-state index in [1.807, 2.05) is 60.4 Å². The molecule has 0 aliphatic carbocycles. The number of rotatable bonds is 8. The van der Waals surface area contributed by atoms with Gasteiger partial charge in [-0.05, 0) is 76.8 Å². The van der Waals surface area contributed by atoms with Crippen LogP contribution in [0.4, 0.5) is 5.69 Å². The van der Waals surface area contributed by atoms with E-state index in [9.17, 15) is 4.79 Å². The molecule has 0 saturated carbocycles. The molecule has 0 N–H and O–H groups in total. The van der Waals surface area contributed by atoms with E-state index in [4.69, 9.17) is 32.7 Å². The van der Waals surface area contributed by atoms with Gasteiger partial charge in [0.15, 0.2) is 11.5 Å². The number of amides is 1. The van der Waals surface area contributed by atoms with Crippen LogP contribution in [0.25, 0.3) is 11.6 Å². The molecular weight excluding hydrogens is 537 g/mol. The monoisotopic (exact) mass is 559 g/mol. The second-order valence-electron chi connectivity index (χ2n) is 7.83. The predicted molar refractivity (Wildman–Crippen MR) is 143 cm³/mol. The molecule has 0 spiro atoms. The van der Waals surface area contributed by atoms with Gasteiger partial charge in [0.2, 0.25) is 0 Å². The minimum Gasteiger partial charge on any atom is -0.490 e. The van der Waals surface area contributed by atoms with Gasteiger partial charge in [0.25, 0.3) is 5.91 Å². The normalized spacial score (nSPS) is 14.0. The first kappa shape index (κ1) is 24.6. The number of para-hydroxylation sites is 1. The zero-order chi connectivity index (χ0) is 24.2. The predicted octanol–water partition coefficient (Wildman–Crippen LogP) is 8.03. The highest BCUT2D eigenvalue weighted by molar-refractivity contribution is 9.10. The Labute approximate surface area is 218 Å². The van der Waals surface area contributed by atoms with Gasteiger partial charge >= 0.3 is 0 Å². The fraction of sp³-hybridized carbons (Fsp3) is 0.222. The summed E-state index contributed by atoms with van der Waals surface area (Å²) >= 11 is 15.8. The van der Waals surface area contributed by atoms with Crippen molar-refractivity contribution in [1.82, 2.24) is 0 Å². The van der Waals surface area contributed by atoms with Crippen molar-refractivity contribution in [2.75, 3.05) is 18.1 Å². The molecule has 0 saturated heterocycles. The molecule has 4 nitrogen and oxygen atoms in total. The van der Waals surface area contributed by atoms with Crippen LogP contribution in [-0.2, 0) is 11.4 Å². The van der Waals surface area contributed by atoms with E-state index in [1.165, 1.54) is 0 Å². The third kappa shape index (κ3) is 5.12. The smallest absolute Gasteiger partial charge is 0.258 e. The zero-order valence-corrected chi connectivity index (χ0v) is 22.0. The molecule has 1 aliphatic heterocycles. The van der Waals surface area contributed by atoms with Gasteiger partial charge in [0, 0.05) is 17.7 Å². The van der Waals surface area contributed by atoms with E-state index < -0.39 is 0 Å². The second kappa shape index (κ2) is 10.9. The van der Waals surface area contributed by atoms with Crippen molar-refractivity contribution in [1.29, 1.82) is 0 Å². The summed E-state index contributed by atoms with van der Waals surface area (Å²) < 4.78 is 12.7. The Bertz CT molecular complexity index is 1260. The number of carbonyl (C=O) groups excluding carboxylic acids is 1. The Hall–Kier alpha value is -2.47. The van der Waals surface area contributed by atoms with E-state index >= 15 is 0 Å². The molecule has 0 radical (unpaired) electrons. The Balaban J connectivity index is 1.67. The second-order valence-corrected chi connectivity index (χ2v) is 9.50. The molecule has 0 fully saturated rings. The number of nitrogens with zero attached hydrogens (tertiary/aromatic N) is 1. The number of anilines is 1. The van der Waals surface area contributed by atoms with Crippen molar-refractivity contribution in [3.63, 3.8) is 0 Å². The quantitative estimate of drug-likeness (QED) is 0.262. The fourth-order valence-corrected chi connectivity index (χ4v) is 4.81. The van der Waals surface area contributed by atoms with Crippen molar-refractivity contribution >= 4 is 62.4 Å². The molecule has 3 aromatic rings. The topological polar surface area (TPSA) is 38.8 Å². The summed E-state index contributed by atoms with van der Waals surface area (Å²) in [6.45, 7) is 5.44. The molecular formula is C27H24BrCl2NO3. The number of fused-ring (bicyclic) bond motifs is 1. The fourth-order valence-electron chi connectivity index (χ4n) is 3.92. The molecule has 0 atom stereocenters. The van der Waals surface area contributed by atoms with E-state index in [2.05, 4.69) is 22.9 Å². The summed E-state index contributed by atoms with van der Waals surface area (Å²) in [6.07, 6.45) is 2.80. The van der Waals surface area contributed by atoms with Gasteiger partial charge in [-0.3, -0.25) is 4.79 Å². The lowest BCUT2D eigenvalue weighted by Gasteiger charge is -2.16. The Kier molecular flexibility index (Phi) is 7.87. The SMILES string of the molecule is CCCN1C(=O)/C(=C\c2cc(Br)c(OCc3ccc(Cl)c(Cl)c3)c(OCC)c2)c2ccccc21. The zero-order valence-electron chi connectivity index (χ0n) is 18.9. The van der Waals surface area contributed by atoms with E-state index in [0.717, 1.165) is 33.3 Å². The molecule has 0 aromatic heterocycles. The molecule has 0 unspecified atom stereocenters. The van der Waals surface area contributed by atoms with Gasteiger partial charge in [-0.1, -0.05) is 54.4 Å². The highest BCUT2D eigenvalue weighted by Gasteiger charge is 2.31. The van der Waals surface area contributed by atoms with Gasteiger partial charge in [-0.2, -0.15) is 0 Å². The number of ether oxygens (including phenoxy) is 2. The maximum Gasteiger partial charge on any atom is 0.258 e. The van der Waals surface area contributed by atoms with Gasteiger partial charge in [0.05, 0.1) is 26.8 Å². The largest absolute Gasteiger partial charge is 0.490 e. The van der Waals surface area contributed by atoms with Crippen LogP contribution in [-0.4, -0.2) is 19.1 Å². The van der Waals surface area contributed by atoms with Crippen molar-refractivity contribution in [2.24, 2.45) is 0 Å². The molecule has 1 heterocycles. The number of carbonyl (C=O) groups is 1. The maximum atomic E-state index is 13.2. The van der Waals surface area contributed by atoms with Crippen LogP contribution in [0.2, 0.25) is 10.0 Å². The summed E-state index contributed by atoms with van der Waals surface area (Å²) in [4.78, 5) is 15.0. The molecule has 34 heavy (non-hydrogen) atoms. The molecule has 7 heteroatoms. The van der Waals surface area contributed by atoms with Gasteiger partial charge in [-0.25, -0.2) is 0 Å². The summed E-state index contributed by atoms with van der Waals surface area (Å²) in [5, 5.41) is 0.979. The van der Waals surface area contributed by atoms with Gasteiger partial charge < -0.3 is 14.4 Å². The highest BCUT2D eigenvalue weighted by atomic mass is 79.9. The minimum absolute atomic E-state index is 0.0112. The molecule has 1 amide bonds. The lowest BCUT2D eigenvalue weighted by Crippen LogP contribution is -2.26. The van der Waals surface area contributed by atoms with Gasteiger partial charge in [0.1, 0.15) is 6.61 Å². The highest BCUT2D eigenvalue weighted by Crippen LogP contribution is 2.41. The average molecular weight is 561 g/mol. The first-order valence-electron chi connectivity index (χ1n) is 11.1. The van der Waals surface area contributed by atoms with Crippen LogP contribution in [0.1, 0.15) is 37.0 Å². The average Bonchev–Trinajstić information content (AvgIpc) is 3.07. The molecule has 176 valence electrons. The minimum atomic E-state index is 0.0112. The molecule has 1 aliphatic rings. The first-order chi connectivity index (χ1) is 16.4. The lowest BCUT2D eigenvalue weighted by molar-refractivity contribution is -0.113. The molecule has 0 bridgehead atoms. The van der Waals surface area contributed by atoms with E-state index in [-0.39, 0.29) is 5.91 Å². The summed E-state index contributed by atoms with van der Waals surface area (Å²) in [6, 6.07) is 17.1. The van der Waals surface area contributed by atoms with Crippen LogP contribution in [0.5, 0.6) is 11.5 Å². The van der Waals surface area contributed by atoms with Crippen molar-refractivity contribution < 1.29 is 14.3 Å². The third-order valence-corrected chi connectivity index (χ3v) is 6.75. The molecule has 4 rings (SSSR count). The summed E-state index contributed by atoms with van der Waals surface area (Å²) in [5.74, 6) is 1.19. The van der Waals surface area contributed by atoms with Crippen molar-refractivity contribution in [3.8, 4) is 11.5 Å². The van der Waals surface area contributed by atoms with E-state index in [0.29, 0.717) is 46.9 Å². The lowest BCUT2D eigenvalue weighted by atomic mass is 10.0. The third-order valence-electron chi connectivity index (χ3n) is 5.42. The van der Waals surface area contributed by atoms with E-state index in [1.54, 1.807) is 12.1 Å². The van der Waals surface area contributed by atoms with Crippen LogP contribution < -0.4 is 14.4 Å². The first-order valence-corrected chi connectivity index (χ1v) is 12.6.